The molecule has 226 valence electrons. The number of nitrogen functional groups attached to an aromatic ring is 1. The van der Waals surface area contributed by atoms with Crippen LogP contribution in [0.5, 0.6) is 0 Å². The van der Waals surface area contributed by atoms with Gasteiger partial charge in [0, 0.05) is 43.8 Å². The molecular formula is C43H32N2OS. The molecule has 0 aliphatic heterocycles. The highest BCUT2D eigenvalue weighted by atomic mass is 32.2. The normalized spacial score (nSPS) is 12.7. The molecule has 3 nitrogen and oxygen atoms in total. The predicted molar refractivity (Wildman–Crippen MR) is 199 cm³/mol. The molecule has 0 saturated heterocycles. The van der Waals surface area contributed by atoms with Crippen molar-refractivity contribution < 1.29 is 4.42 Å². The third kappa shape index (κ3) is 4.76. The molecule has 0 bridgehead atoms. The number of furan rings is 1. The van der Waals surface area contributed by atoms with Gasteiger partial charge < -0.3 is 14.7 Å². The number of anilines is 1. The van der Waals surface area contributed by atoms with Crippen molar-refractivity contribution in [1.82, 2.24) is 4.57 Å². The van der Waals surface area contributed by atoms with Gasteiger partial charge in [0.1, 0.15) is 11.2 Å². The van der Waals surface area contributed by atoms with Gasteiger partial charge in [-0.1, -0.05) is 103 Å². The van der Waals surface area contributed by atoms with E-state index in [4.69, 9.17) is 10.2 Å². The third-order valence-electron chi connectivity index (χ3n) is 9.38. The van der Waals surface area contributed by atoms with Crippen LogP contribution in [0.3, 0.4) is 0 Å². The summed E-state index contributed by atoms with van der Waals surface area (Å²) in [4.78, 5) is 1.07. The molecule has 47 heavy (non-hydrogen) atoms. The lowest BCUT2D eigenvalue weighted by Gasteiger charge is -2.13. The van der Waals surface area contributed by atoms with E-state index in [9.17, 15) is 0 Å². The van der Waals surface area contributed by atoms with Gasteiger partial charge in [0.05, 0.1) is 11.2 Å². The van der Waals surface area contributed by atoms with Crippen molar-refractivity contribution in [3.63, 3.8) is 0 Å². The summed E-state index contributed by atoms with van der Waals surface area (Å²) in [6.07, 6.45) is 6.73. The van der Waals surface area contributed by atoms with Crippen LogP contribution in [0, 0.1) is 0 Å². The summed E-state index contributed by atoms with van der Waals surface area (Å²) in [5.41, 5.74) is 20.5. The van der Waals surface area contributed by atoms with Gasteiger partial charge in [-0.3, -0.25) is 0 Å². The average Bonchev–Trinajstić information content (AvgIpc) is 3.67. The molecule has 6 aromatic carbocycles. The average molecular weight is 625 g/mol. The molecule has 9 rings (SSSR count). The van der Waals surface area contributed by atoms with E-state index in [-0.39, 0.29) is 0 Å². The summed E-state index contributed by atoms with van der Waals surface area (Å²) in [6, 6.07) is 47.3. The lowest BCUT2D eigenvalue weighted by atomic mass is 9.97. The van der Waals surface area contributed by atoms with Crippen molar-refractivity contribution in [2.45, 2.75) is 23.5 Å². The number of thioether (sulfide) groups is 1. The van der Waals surface area contributed by atoms with Crippen molar-refractivity contribution in [3.8, 4) is 27.9 Å². The quantitative estimate of drug-likeness (QED) is 0.148. The SMILES string of the molecule is Nc1c(-c2ccccc2)cc2oc3ccccc3c2c1SCc1ccc(-c2ccc3c(c2)c2c(n3-c3ccccc3)C=CCC2)cc1. The fraction of sp³-hybridized carbons (Fsp3) is 0.0698. The maximum absolute atomic E-state index is 6.96. The number of rotatable bonds is 6. The Balaban J connectivity index is 1.05. The van der Waals surface area contributed by atoms with Gasteiger partial charge in [-0.05, 0) is 83.1 Å². The van der Waals surface area contributed by atoms with E-state index >= 15 is 0 Å². The molecular weight excluding hydrogens is 593 g/mol. The van der Waals surface area contributed by atoms with Gasteiger partial charge in [0.15, 0.2) is 0 Å². The van der Waals surface area contributed by atoms with Crippen molar-refractivity contribution >= 4 is 56.4 Å². The minimum Gasteiger partial charge on any atom is -0.456 e. The number of nitrogens with zero attached hydrogens (tertiary/aromatic N) is 1. The topological polar surface area (TPSA) is 44.1 Å². The van der Waals surface area contributed by atoms with Crippen LogP contribution < -0.4 is 5.73 Å². The summed E-state index contributed by atoms with van der Waals surface area (Å²) in [5, 5.41) is 3.53. The Labute approximate surface area is 278 Å². The molecule has 1 aliphatic rings. The van der Waals surface area contributed by atoms with Gasteiger partial charge in [-0.15, -0.1) is 11.8 Å². The van der Waals surface area contributed by atoms with E-state index in [1.165, 1.54) is 44.5 Å². The molecule has 2 N–H and O–H groups in total. The van der Waals surface area contributed by atoms with Gasteiger partial charge >= 0.3 is 0 Å². The van der Waals surface area contributed by atoms with Crippen molar-refractivity contribution in [3.05, 3.63) is 156 Å². The highest BCUT2D eigenvalue weighted by Gasteiger charge is 2.20. The zero-order chi connectivity index (χ0) is 31.3. The second-order valence-corrected chi connectivity index (χ2v) is 13.2. The van der Waals surface area contributed by atoms with Crippen LogP contribution in [-0.4, -0.2) is 4.57 Å². The van der Waals surface area contributed by atoms with Crippen LogP contribution >= 0.6 is 11.8 Å². The number of aromatic nitrogens is 1. The summed E-state index contributed by atoms with van der Waals surface area (Å²) < 4.78 is 8.75. The van der Waals surface area contributed by atoms with Crippen LogP contribution in [0.1, 0.15) is 23.2 Å². The van der Waals surface area contributed by atoms with Gasteiger partial charge in [0.2, 0.25) is 0 Å². The van der Waals surface area contributed by atoms with E-state index < -0.39 is 0 Å². The molecule has 0 saturated carbocycles. The van der Waals surface area contributed by atoms with Crippen molar-refractivity contribution in [2.24, 2.45) is 0 Å². The smallest absolute Gasteiger partial charge is 0.137 e. The Morgan fingerprint density at radius 3 is 2.26 bits per heavy atom. The highest BCUT2D eigenvalue weighted by Crippen LogP contribution is 2.45. The minimum atomic E-state index is 0.797. The molecule has 0 atom stereocenters. The Kier molecular flexibility index (Phi) is 6.76. The lowest BCUT2D eigenvalue weighted by molar-refractivity contribution is 0.668. The van der Waals surface area contributed by atoms with Crippen LogP contribution in [0.2, 0.25) is 0 Å². The molecule has 2 heterocycles. The largest absolute Gasteiger partial charge is 0.456 e. The third-order valence-corrected chi connectivity index (χ3v) is 10.6. The number of para-hydroxylation sites is 2. The maximum Gasteiger partial charge on any atom is 0.137 e. The lowest BCUT2D eigenvalue weighted by Crippen LogP contribution is -1.99. The van der Waals surface area contributed by atoms with Crippen LogP contribution in [0.4, 0.5) is 5.69 Å². The summed E-state index contributed by atoms with van der Waals surface area (Å²) in [7, 11) is 0. The van der Waals surface area contributed by atoms with E-state index in [1.54, 1.807) is 11.8 Å². The molecule has 0 unspecified atom stereocenters. The molecule has 0 fully saturated rings. The highest BCUT2D eigenvalue weighted by molar-refractivity contribution is 7.99. The summed E-state index contributed by atoms with van der Waals surface area (Å²) in [5.74, 6) is 0.802. The first-order valence-electron chi connectivity index (χ1n) is 16.1. The molecule has 8 aromatic rings. The number of benzene rings is 6. The minimum absolute atomic E-state index is 0.797. The number of aryl methyl sites for hydroxylation is 1. The Hall–Kier alpha value is -5.45. The number of hydrogen-bond donors (Lipinski definition) is 1. The monoisotopic (exact) mass is 624 g/mol. The fourth-order valence-electron chi connectivity index (χ4n) is 7.09. The first-order chi connectivity index (χ1) is 23.2. The summed E-state index contributed by atoms with van der Waals surface area (Å²) in [6.45, 7) is 0. The van der Waals surface area contributed by atoms with E-state index in [2.05, 4.69) is 120 Å². The predicted octanol–water partition coefficient (Wildman–Crippen LogP) is 11.7. The van der Waals surface area contributed by atoms with Crippen molar-refractivity contribution in [1.29, 1.82) is 0 Å². The first kappa shape index (κ1) is 27.8. The Morgan fingerprint density at radius 1 is 0.681 bits per heavy atom. The Morgan fingerprint density at radius 2 is 1.43 bits per heavy atom. The zero-order valence-electron chi connectivity index (χ0n) is 25.8. The number of nitrogens with two attached hydrogens (primary N) is 1. The number of allylic oxidation sites excluding steroid dienone is 1. The second kappa shape index (κ2) is 11.4. The van der Waals surface area contributed by atoms with Crippen LogP contribution in [0.15, 0.2) is 149 Å². The van der Waals surface area contributed by atoms with Gasteiger partial charge in [0.25, 0.3) is 0 Å². The fourth-order valence-corrected chi connectivity index (χ4v) is 8.22. The molecule has 1 aliphatic carbocycles. The second-order valence-electron chi connectivity index (χ2n) is 12.2. The molecule has 0 amide bonds. The number of hydrogen-bond acceptors (Lipinski definition) is 3. The molecule has 0 radical (unpaired) electrons. The maximum atomic E-state index is 6.96. The van der Waals surface area contributed by atoms with Crippen LogP contribution in [0.25, 0.3) is 66.9 Å². The van der Waals surface area contributed by atoms with E-state index in [1.807, 2.05) is 30.3 Å². The Bertz CT molecular complexity index is 2450. The zero-order valence-corrected chi connectivity index (χ0v) is 26.6. The molecule has 2 aromatic heterocycles. The number of fused-ring (bicyclic) bond motifs is 6. The van der Waals surface area contributed by atoms with Crippen LogP contribution in [-0.2, 0) is 12.2 Å². The van der Waals surface area contributed by atoms with Gasteiger partial charge in [-0.2, -0.15) is 0 Å². The standard InChI is InChI=1S/C43H32N2OS/c44-42-35(30-11-3-1-4-12-30)26-40-41(34-16-8-10-18-39(34)46-40)43(42)47-27-28-19-21-29(22-20-28)31-23-24-38-36(25-31)33-15-7-9-17-37(33)45(38)32-13-5-2-6-14-32/h1-6,8-14,16-26H,7,15,27,44H2. The van der Waals surface area contributed by atoms with E-state index in [0.29, 0.717) is 0 Å². The van der Waals surface area contributed by atoms with E-state index in [0.717, 1.165) is 62.2 Å². The van der Waals surface area contributed by atoms with Gasteiger partial charge in [-0.25, -0.2) is 0 Å². The molecule has 0 spiro atoms. The first-order valence-corrected chi connectivity index (χ1v) is 17.1. The van der Waals surface area contributed by atoms with Crippen molar-refractivity contribution in [2.75, 3.05) is 5.73 Å². The summed E-state index contributed by atoms with van der Waals surface area (Å²) >= 11 is 1.78. The molecule has 4 heteroatoms.